The molecule has 2 saturated heterocycles. The number of Topliss-reactive ketones (excluding diaryl/α,β-unsaturated/α-hetero) is 1. The molecule has 0 N–H and O–H groups in total. The fraction of sp³-hybridized carbons (Fsp3) is 0.722. The first kappa shape index (κ1) is 15.0. The first-order valence-electron chi connectivity index (χ1n) is 8.52. The van der Waals surface area contributed by atoms with Gasteiger partial charge in [0.05, 0.1) is 0 Å². The highest BCUT2D eigenvalue weighted by atomic mass is 16.1. The zero-order valence-electron chi connectivity index (χ0n) is 13.5. The molecule has 2 unspecified atom stereocenters. The minimum absolute atomic E-state index is 0.335. The Morgan fingerprint density at radius 2 is 1.33 bits per heavy atom. The van der Waals surface area contributed by atoms with Crippen LogP contribution in [0.5, 0.6) is 0 Å². The second-order valence-corrected chi connectivity index (χ2v) is 6.95. The Hall–Kier alpha value is -0.930. The molecule has 21 heavy (non-hydrogen) atoms. The molecule has 116 valence electrons. The Kier molecular flexibility index (Phi) is 4.60. The number of allylic oxidation sites excluding steroid dienone is 2. The lowest BCUT2D eigenvalue weighted by atomic mass is 9.86. The molecule has 3 nitrogen and oxygen atoms in total. The Morgan fingerprint density at radius 1 is 0.857 bits per heavy atom. The van der Waals surface area contributed by atoms with Gasteiger partial charge in [0.25, 0.3) is 0 Å². The van der Waals surface area contributed by atoms with Crippen LogP contribution in [-0.2, 0) is 4.79 Å². The summed E-state index contributed by atoms with van der Waals surface area (Å²) in [5, 5.41) is 0. The van der Waals surface area contributed by atoms with Crippen molar-refractivity contribution in [3.05, 3.63) is 23.3 Å². The van der Waals surface area contributed by atoms with Gasteiger partial charge >= 0.3 is 0 Å². The maximum absolute atomic E-state index is 12.7. The molecule has 1 aliphatic carbocycles. The third kappa shape index (κ3) is 3.29. The first-order chi connectivity index (χ1) is 10.1. The Labute approximate surface area is 128 Å². The summed E-state index contributed by atoms with van der Waals surface area (Å²) in [6.45, 7) is 2.33. The van der Waals surface area contributed by atoms with E-state index >= 15 is 0 Å². The second-order valence-electron chi connectivity index (χ2n) is 6.95. The second kappa shape index (κ2) is 6.45. The minimum atomic E-state index is 0.335. The Balaban J connectivity index is 1.74. The highest BCUT2D eigenvalue weighted by Crippen LogP contribution is 2.29. The highest BCUT2D eigenvalue weighted by Gasteiger charge is 2.27. The maximum atomic E-state index is 12.7. The van der Waals surface area contributed by atoms with Gasteiger partial charge in [0.1, 0.15) is 0 Å². The number of carbonyl (C=O) groups is 1. The smallest absolute Gasteiger partial charge is 0.184 e. The van der Waals surface area contributed by atoms with Crippen LogP contribution in [0, 0.1) is 0 Å². The average molecular weight is 288 g/mol. The topological polar surface area (TPSA) is 23.6 Å². The number of hydrogen-bond acceptors (Lipinski definition) is 3. The number of carbonyl (C=O) groups excluding carboxylic acids is 1. The van der Waals surface area contributed by atoms with Crippen molar-refractivity contribution in [2.24, 2.45) is 0 Å². The molecular formula is C18H28N2O. The molecule has 3 rings (SSSR count). The number of hydrogen-bond donors (Lipinski definition) is 0. The number of nitrogens with zero attached hydrogens (tertiary/aromatic N) is 2. The summed E-state index contributed by atoms with van der Waals surface area (Å²) in [5.41, 5.74) is 2.15. The molecule has 3 fully saturated rings. The SMILES string of the molecule is CN1CCCC1/C=C1\CCC/C(=C\C2CCCN2C)C1=O. The van der Waals surface area contributed by atoms with E-state index in [4.69, 9.17) is 0 Å². The standard InChI is InChI=1S/C18H28N2O/c1-19-10-4-8-16(19)12-14-6-3-7-15(18(14)21)13-17-9-5-11-20(17)2/h12-13,16-17H,3-11H2,1-2H3/b14-12+,15-13+. The van der Waals surface area contributed by atoms with Crippen LogP contribution in [-0.4, -0.2) is 54.9 Å². The number of likely N-dealkylation sites (N-methyl/N-ethyl adjacent to an activating group) is 2. The number of ketones is 1. The molecule has 0 bridgehead atoms. The van der Waals surface area contributed by atoms with Gasteiger partial charge in [-0.2, -0.15) is 0 Å². The van der Waals surface area contributed by atoms with E-state index in [1.165, 1.54) is 25.7 Å². The van der Waals surface area contributed by atoms with Crippen molar-refractivity contribution in [1.29, 1.82) is 0 Å². The van der Waals surface area contributed by atoms with Gasteiger partial charge in [-0.15, -0.1) is 0 Å². The van der Waals surface area contributed by atoms with E-state index < -0.39 is 0 Å². The van der Waals surface area contributed by atoms with Crippen molar-refractivity contribution in [2.45, 2.75) is 57.0 Å². The van der Waals surface area contributed by atoms with E-state index in [9.17, 15) is 4.79 Å². The van der Waals surface area contributed by atoms with Crippen LogP contribution in [0.2, 0.25) is 0 Å². The summed E-state index contributed by atoms with van der Waals surface area (Å²) in [4.78, 5) is 17.5. The van der Waals surface area contributed by atoms with Crippen molar-refractivity contribution in [3.8, 4) is 0 Å². The predicted octanol–water partition coefficient (Wildman–Crippen LogP) is 2.78. The van der Waals surface area contributed by atoms with Gasteiger partial charge in [-0.05, 0) is 83.3 Å². The van der Waals surface area contributed by atoms with Crippen LogP contribution in [0.25, 0.3) is 0 Å². The molecule has 2 aliphatic heterocycles. The quantitative estimate of drug-likeness (QED) is 0.730. The van der Waals surface area contributed by atoms with Gasteiger partial charge in [0.2, 0.25) is 0 Å². The molecule has 3 aliphatic rings. The van der Waals surface area contributed by atoms with Crippen molar-refractivity contribution in [1.82, 2.24) is 9.80 Å². The van der Waals surface area contributed by atoms with Crippen LogP contribution >= 0.6 is 0 Å². The third-order valence-electron chi connectivity index (χ3n) is 5.42. The molecule has 1 saturated carbocycles. The normalized spacial score (nSPS) is 36.2. The summed E-state index contributed by atoms with van der Waals surface area (Å²) in [5.74, 6) is 0.335. The lowest BCUT2D eigenvalue weighted by Gasteiger charge is -2.23. The highest BCUT2D eigenvalue weighted by molar-refractivity contribution is 6.09. The van der Waals surface area contributed by atoms with Crippen molar-refractivity contribution >= 4 is 5.78 Å². The molecule has 0 amide bonds. The summed E-state index contributed by atoms with van der Waals surface area (Å²) in [6.07, 6.45) is 12.5. The molecule has 3 heteroatoms. The third-order valence-corrected chi connectivity index (χ3v) is 5.42. The minimum Gasteiger partial charge on any atom is -0.300 e. The Bertz CT molecular complexity index is 426. The molecular weight excluding hydrogens is 260 g/mol. The van der Waals surface area contributed by atoms with Crippen molar-refractivity contribution < 1.29 is 4.79 Å². The fourth-order valence-corrected chi connectivity index (χ4v) is 3.98. The van der Waals surface area contributed by atoms with Gasteiger partial charge in [-0.1, -0.05) is 12.2 Å². The summed E-state index contributed by atoms with van der Waals surface area (Å²) in [7, 11) is 4.35. The summed E-state index contributed by atoms with van der Waals surface area (Å²) in [6, 6.07) is 0.968. The predicted molar refractivity (Wildman–Crippen MR) is 86.3 cm³/mol. The van der Waals surface area contributed by atoms with E-state index in [2.05, 4.69) is 36.0 Å². The molecule has 0 radical (unpaired) electrons. The average Bonchev–Trinajstić information content (AvgIpc) is 3.04. The van der Waals surface area contributed by atoms with Crippen LogP contribution < -0.4 is 0 Å². The molecule has 0 aromatic rings. The number of rotatable bonds is 2. The lowest BCUT2D eigenvalue weighted by Crippen LogP contribution is -2.26. The molecule has 2 atom stereocenters. The van der Waals surface area contributed by atoms with Crippen LogP contribution in [0.15, 0.2) is 23.3 Å². The van der Waals surface area contributed by atoms with Gasteiger partial charge in [0.15, 0.2) is 5.78 Å². The van der Waals surface area contributed by atoms with Crippen LogP contribution in [0.4, 0.5) is 0 Å². The monoisotopic (exact) mass is 288 g/mol. The maximum Gasteiger partial charge on any atom is 0.184 e. The van der Waals surface area contributed by atoms with Gasteiger partial charge < -0.3 is 0 Å². The van der Waals surface area contributed by atoms with E-state index in [1.807, 2.05) is 0 Å². The van der Waals surface area contributed by atoms with Crippen LogP contribution in [0.3, 0.4) is 0 Å². The lowest BCUT2D eigenvalue weighted by molar-refractivity contribution is -0.113. The zero-order valence-corrected chi connectivity index (χ0v) is 13.5. The first-order valence-corrected chi connectivity index (χ1v) is 8.52. The van der Waals surface area contributed by atoms with E-state index in [1.54, 1.807) is 0 Å². The van der Waals surface area contributed by atoms with Gasteiger partial charge in [-0.25, -0.2) is 0 Å². The summed E-state index contributed by atoms with van der Waals surface area (Å²) >= 11 is 0. The Morgan fingerprint density at radius 3 is 1.71 bits per heavy atom. The molecule has 0 aromatic carbocycles. The molecule has 0 aromatic heterocycles. The fourth-order valence-electron chi connectivity index (χ4n) is 3.98. The van der Waals surface area contributed by atoms with E-state index in [0.717, 1.165) is 43.5 Å². The van der Waals surface area contributed by atoms with E-state index in [-0.39, 0.29) is 0 Å². The van der Waals surface area contributed by atoms with Gasteiger partial charge in [0, 0.05) is 12.1 Å². The van der Waals surface area contributed by atoms with Crippen molar-refractivity contribution in [3.63, 3.8) is 0 Å². The molecule has 0 spiro atoms. The summed E-state index contributed by atoms with van der Waals surface area (Å²) < 4.78 is 0. The van der Waals surface area contributed by atoms with Crippen molar-refractivity contribution in [2.75, 3.05) is 27.2 Å². The largest absolute Gasteiger partial charge is 0.300 e. The van der Waals surface area contributed by atoms with Gasteiger partial charge in [-0.3, -0.25) is 14.6 Å². The number of likely N-dealkylation sites (tertiary alicyclic amines) is 2. The van der Waals surface area contributed by atoms with E-state index in [0.29, 0.717) is 17.9 Å². The zero-order chi connectivity index (χ0) is 14.8. The van der Waals surface area contributed by atoms with Crippen LogP contribution in [0.1, 0.15) is 44.9 Å². The molecule has 2 heterocycles.